The summed E-state index contributed by atoms with van der Waals surface area (Å²) in [6.07, 6.45) is 0. The smallest absolute Gasteiger partial charge is 0.346 e. The SMILES string of the molecule is COC(=O)c1ccccc1NC(=O)c1cc(-c2ccc(OC)cc2)nc(=O)[nH]1. The molecule has 1 amide bonds. The molecule has 0 saturated carbocycles. The molecule has 142 valence electrons. The molecule has 3 rings (SSSR count). The minimum absolute atomic E-state index is 0.00508. The topological polar surface area (TPSA) is 110 Å². The largest absolute Gasteiger partial charge is 0.497 e. The van der Waals surface area contributed by atoms with Crippen molar-refractivity contribution in [2.24, 2.45) is 0 Å². The molecule has 0 unspecified atom stereocenters. The number of aromatic nitrogens is 2. The molecule has 8 nitrogen and oxygen atoms in total. The third kappa shape index (κ3) is 4.07. The highest BCUT2D eigenvalue weighted by molar-refractivity contribution is 6.07. The number of nitrogens with one attached hydrogen (secondary N) is 2. The highest BCUT2D eigenvalue weighted by atomic mass is 16.5. The van der Waals surface area contributed by atoms with Gasteiger partial charge in [-0.1, -0.05) is 12.1 Å². The number of carbonyl (C=O) groups is 2. The van der Waals surface area contributed by atoms with Gasteiger partial charge < -0.3 is 19.8 Å². The first kappa shape index (κ1) is 18.8. The van der Waals surface area contributed by atoms with Gasteiger partial charge in [0, 0.05) is 5.56 Å². The van der Waals surface area contributed by atoms with E-state index < -0.39 is 17.6 Å². The Hall–Kier alpha value is -3.94. The van der Waals surface area contributed by atoms with E-state index >= 15 is 0 Å². The van der Waals surface area contributed by atoms with Gasteiger partial charge in [-0.3, -0.25) is 4.79 Å². The summed E-state index contributed by atoms with van der Waals surface area (Å²) in [5, 5.41) is 2.61. The maximum Gasteiger partial charge on any atom is 0.346 e. The Morgan fingerprint density at radius 1 is 1.04 bits per heavy atom. The predicted octanol–water partition coefficient (Wildman–Crippen LogP) is 2.48. The maximum absolute atomic E-state index is 12.6. The second kappa shape index (κ2) is 8.17. The van der Waals surface area contributed by atoms with Gasteiger partial charge in [-0.05, 0) is 42.5 Å². The van der Waals surface area contributed by atoms with Crippen molar-refractivity contribution in [1.82, 2.24) is 9.97 Å². The molecule has 0 saturated heterocycles. The molecule has 0 fully saturated rings. The molecule has 0 aliphatic carbocycles. The molecule has 1 heterocycles. The normalized spacial score (nSPS) is 10.2. The number of methoxy groups -OCH3 is 2. The molecule has 0 atom stereocenters. The van der Waals surface area contributed by atoms with Crippen LogP contribution < -0.4 is 15.7 Å². The van der Waals surface area contributed by atoms with Crippen LogP contribution in [0.2, 0.25) is 0 Å². The molecule has 0 spiro atoms. The molecule has 8 heteroatoms. The monoisotopic (exact) mass is 379 g/mol. The highest BCUT2D eigenvalue weighted by Crippen LogP contribution is 2.21. The van der Waals surface area contributed by atoms with E-state index in [9.17, 15) is 14.4 Å². The van der Waals surface area contributed by atoms with Crippen LogP contribution in [0, 0.1) is 0 Å². The zero-order valence-electron chi connectivity index (χ0n) is 15.2. The van der Waals surface area contributed by atoms with Crippen LogP contribution in [-0.4, -0.2) is 36.1 Å². The van der Waals surface area contributed by atoms with E-state index in [1.807, 2.05) is 0 Å². The average molecular weight is 379 g/mol. The van der Waals surface area contributed by atoms with E-state index in [2.05, 4.69) is 15.3 Å². The molecule has 28 heavy (non-hydrogen) atoms. The van der Waals surface area contributed by atoms with Gasteiger partial charge in [0.2, 0.25) is 0 Å². The lowest BCUT2D eigenvalue weighted by Crippen LogP contribution is -2.22. The van der Waals surface area contributed by atoms with Crippen molar-refractivity contribution < 1.29 is 19.1 Å². The van der Waals surface area contributed by atoms with Crippen LogP contribution in [0.3, 0.4) is 0 Å². The fourth-order valence-corrected chi connectivity index (χ4v) is 2.56. The molecule has 3 aromatic rings. The molecule has 2 N–H and O–H groups in total. The van der Waals surface area contributed by atoms with E-state index in [0.717, 1.165) is 0 Å². The standard InChI is InChI=1S/C20H17N3O5/c1-27-13-9-7-12(8-10-13)16-11-17(23-20(26)22-16)18(24)21-15-6-4-3-5-14(15)19(25)28-2/h3-11H,1-2H3,(H,21,24)(H,22,23,26). The van der Waals surface area contributed by atoms with E-state index in [4.69, 9.17) is 9.47 Å². The Bertz CT molecular complexity index is 1070. The second-order valence-electron chi connectivity index (χ2n) is 5.71. The summed E-state index contributed by atoms with van der Waals surface area (Å²) in [7, 11) is 2.80. The third-order valence-electron chi connectivity index (χ3n) is 3.96. The third-order valence-corrected chi connectivity index (χ3v) is 3.96. The number of anilines is 1. The zero-order chi connectivity index (χ0) is 20.1. The quantitative estimate of drug-likeness (QED) is 0.659. The van der Waals surface area contributed by atoms with Crippen LogP contribution >= 0.6 is 0 Å². The van der Waals surface area contributed by atoms with Crippen LogP contribution in [0.5, 0.6) is 5.75 Å². The number of nitrogens with zero attached hydrogens (tertiary/aromatic N) is 1. The summed E-state index contributed by atoms with van der Waals surface area (Å²) in [5.41, 5.74) is 0.784. The fourth-order valence-electron chi connectivity index (χ4n) is 2.56. The first-order valence-corrected chi connectivity index (χ1v) is 8.26. The molecular weight excluding hydrogens is 362 g/mol. The Balaban J connectivity index is 1.92. The van der Waals surface area contributed by atoms with E-state index in [1.165, 1.54) is 19.2 Å². The van der Waals surface area contributed by atoms with Gasteiger partial charge in [-0.25, -0.2) is 9.59 Å². The van der Waals surface area contributed by atoms with Crippen LogP contribution in [0.15, 0.2) is 59.4 Å². The van der Waals surface area contributed by atoms with Crippen molar-refractivity contribution in [3.05, 3.63) is 76.3 Å². The van der Waals surface area contributed by atoms with Gasteiger partial charge in [0.1, 0.15) is 11.4 Å². The summed E-state index contributed by atoms with van der Waals surface area (Å²) >= 11 is 0. The van der Waals surface area contributed by atoms with Crippen molar-refractivity contribution in [3.8, 4) is 17.0 Å². The summed E-state index contributed by atoms with van der Waals surface area (Å²) in [5.74, 6) is -0.519. The van der Waals surface area contributed by atoms with Gasteiger partial charge >= 0.3 is 11.7 Å². The Labute approximate surface area is 160 Å². The van der Waals surface area contributed by atoms with Crippen LogP contribution in [-0.2, 0) is 4.74 Å². The number of esters is 1. The molecule has 0 aliphatic rings. The van der Waals surface area contributed by atoms with Gasteiger partial charge in [-0.2, -0.15) is 4.98 Å². The highest BCUT2D eigenvalue weighted by Gasteiger charge is 2.16. The van der Waals surface area contributed by atoms with Gasteiger partial charge in [0.05, 0.1) is 31.2 Å². The Kier molecular flexibility index (Phi) is 5.50. The van der Waals surface area contributed by atoms with Crippen molar-refractivity contribution in [3.63, 3.8) is 0 Å². The molecule has 0 radical (unpaired) electrons. The minimum atomic E-state index is -0.667. The number of ether oxygens (including phenoxy) is 2. The van der Waals surface area contributed by atoms with E-state index in [1.54, 1.807) is 49.6 Å². The van der Waals surface area contributed by atoms with Crippen LogP contribution in [0.1, 0.15) is 20.8 Å². The number of aromatic amines is 1. The van der Waals surface area contributed by atoms with Crippen LogP contribution in [0.25, 0.3) is 11.3 Å². The minimum Gasteiger partial charge on any atom is -0.497 e. The van der Waals surface area contributed by atoms with Gasteiger partial charge in [0.15, 0.2) is 0 Å². The molecule has 1 aromatic heterocycles. The molecule has 0 aliphatic heterocycles. The predicted molar refractivity (Wildman–Crippen MR) is 103 cm³/mol. The summed E-state index contributed by atoms with van der Waals surface area (Å²) in [6, 6.07) is 14.8. The lowest BCUT2D eigenvalue weighted by atomic mass is 10.1. The first-order valence-electron chi connectivity index (χ1n) is 8.26. The summed E-state index contributed by atoms with van der Waals surface area (Å²) < 4.78 is 9.82. The summed E-state index contributed by atoms with van der Waals surface area (Å²) in [6.45, 7) is 0. The van der Waals surface area contributed by atoms with Gasteiger partial charge in [-0.15, -0.1) is 0 Å². The van der Waals surface area contributed by atoms with Crippen LogP contribution in [0.4, 0.5) is 5.69 Å². The maximum atomic E-state index is 12.6. The summed E-state index contributed by atoms with van der Waals surface area (Å²) in [4.78, 5) is 42.7. The number of benzene rings is 2. The van der Waals surface area contributed by atoms with Crippen molar-refractivity contribution >= 4 is 17.6 Å². The Morgan fingerprint density at radius 3 is 2.43 bits per heavy atom. The zero-order valence-corrected chi connectivity index (χ0v) is 15.2. The van der Waals surface area contributed by atoms with Crippen molar-refractivity contribution in [1.29, 1.82) is 0 Å². The van der Waals surface area contributed by atoms with Crippen molar-refractivity contribution in [2.45, 2.75) is 0 Å². The van der Waals surface area contributed by atoms with E-state index in [-0.39, 0.29) is 16.9 Å². The second-order valence-corrected chi connectivity index (χ2v) is 5.71. The number of hydrogen-bond donors (Lipinski definition) is 2. The molecular formula is C20H17N3O5. The number of amides is 1. The number of rotatable bonds is 5. The van der Waals surface area contributed by atoms with Gasteiger partial charge in [0.25, 0.3) is 5.91 Å². The number of H-pyrrole nitrogens is 1. The fraction of sp³-hybridized carbons (Fsp3) is 0.100. The van der Waals surface area contributed by atoms with E-state index in [0.29, 0.717) is 17.0 Å². The van der Waals surface area contributed by atoms with Crippen molar-refractivity contribution in [2.75, 3.05) is 19.5 Å². The number of carbonyl (C=O) groups excluding carboxylic acids is 2. The first-order chi connectivity index (χ1) is 13.5. The lowest BCUT2D eigenvalue weighted by molar-refractivity contribution is 0.0602. The Morgan fingerprint density at radius 2 is 1.75 bits per heavy atom. The number of para-hydroxylation sites is 1. The lowest BCUT2D eigenvalue weighted by Gasteiger charge is -2.10. The molecule has 0 bridgehead atoms. The average Bonchev–Trinajstić information content (AvgIpc) is 2.73. The number of hydrogen-bond acceptors (Lipinski definition) is 6. The molecule has 2 aromatic carbocycles.